The molecule has 0 aromatic rings. The molecule has 2 atom stereocenters. The number of hydrogen-bond acceptors (Lipinski definition) is 4. The number of carboxylic acids is 1. The van der Waals surface area contributed by atoms with Crippen LogP contribution in [0.25, 0.3) is 0 Å². The number of rotatable bonds is 4. The fourth-order valence-corrected chi connectivity index (χ4v) is 2.93. The van der Waals surface area contributed by atoms with E-state index < -0.39 is 18.4 Å². The number of carbonyl (C=O) groups excluding carboxylic acids is 3. The zero-order valence-electron chi connectivity index (χ0n) is 11.4. The van der Waals surface area contributed by atoms with Gasteiger partial charge in [0.25, 0.3) is 0 Å². The van der Waals surface area contributed by atoms with Crippen LogP contribution in [0.1, 0.15) is 25.7 Å². The lowest BCUT2D eigenvalue weighted by Crippen LogP contribution is -2.43. The molecule has 1 saturated carbocycles. The molecule has 0 radical (unpaired) electrons. The molecule has 3 amide bonds. The Hall–Kier alpha value is -1.92. The van der Waals surface area contributed by atoms with Gasteiger partial charge in [-0.25, -0.2) is 0 Å². The van der Waals surface area contributed by atoms with Gasteiger partial charge < -0.3 is 10.0 Å². The summed E-state index contributed by atoms with van der Waals surface area (Å²) in [5.74, 6) is -2.79. The summed E-state index contributed by atoms with van der Waals surface area (Å²) in [4.78, 5) is 48.7. The van der Waals surface area contributed by atoms with Gasteiger partial charge in [-0.05, 0) is 12.8 Å². The number of nitrogens with zero attached hydrogens (tertiary/aromatic N) is 2. The van der Waals surface area contributed by atoms with Crippen molar-refractivity contribution in [1.82, 2.24) is 9.80 Å². The zero-order chi connectivity index (χ0) is 14.9. The van der Waals surface area contributed by atoms with Crippen LogP contribution in [0, 0.1) is 11.8 Å². The van der Waals surface area contributed by atoms with E-state index >= 15 is 0 Å². The zero-order valence-corrected chi connectivity index (χ0v) is 11.4. The van der Waals surface area contributed by atoms with Crippen molar-refractivity contribution in [3.8, 4) is 0 Å². The lowest BCUT2D eigenvalue weighted by molar-refractivity contribution is -0.148. The Morgan fingerprint density at radius 3 is 2.15 bits per heavy atom. The maximum Gasteiger partial charge on any atom is 0.323 e. The van der Waals surface area contributed by atoms with Gasteiger partial charge in [-0.15, -0.1) is 0 Å². The molecule has 20 heavy (non-hydrogen) atoms. The van der Waals surface area contributed by atoms with Crippen molar-refractivity contribution in [2.75, 3.05) is 20.1 Å². The molecule has 1 aliphatic carbocycles. The average molecular weight is 282 g/mol. The van der Waals surface area contributed by atoms with E-state index in [1.54, 1.807) is 0 Å². The molecule has 1 saturated heterocycles. The summed E-state index contributed by atoms with van der Waals surface area (Å²) in [5, 5.41) is 8.62. The lowest BCUT2D eigenvalue weighted by atomic mass is 9.81. The van der Waals surface area contributed by atoms with Crippen molar-refractivity contribution in [1.29, 1.82) is 0 Å². The molecule has 1 N–H and O–H groups in total. The van der Waals surface area contributed by atoms with Crippen LogP contribution >= 0.6 is 0 Å². The second kappa shape index (κ2) is 5.60. The van der Waals surface area contributed by atoms with Gasteiger partial charge in [0.2, 0.25) is 17.7 Å². The SMILES string of the molecule is CN(CC(=O)O)C(=O)CN1C(=O)C2CCCCC2C1=O. The van der Waals surface area contributed by atoms with Gasteiger partial charge >= 0.3 is 5.97 Å². The third-order valence-corrected chi connectivity index (χ3v) is 4.02. The summed E-state index contributed by atoms with van der Waals surface area (Å²) in [5.41, 5.74) is 0. The highest BCUT2D eigenvalue weighted by Crippen LogP contribution is 2.37. The Bertz CT molecular complexity index is 438. The van der Waals surface area contributed by atoms with Crippen LogP contribution < -0.4 is 0 Å². The Kier molecular flexibility index (Phi) is 4.06. The first kappa shape index (κ1) is 14.5. The van der Waals surface area contributed by atoms with Crippen molar-refractivity contribution in [2.24, 2.45) is 11.8 Å². The Morgan fingerprint density at radius 2 is 1.70 bits per heavy atom. The average Bonchev–Trinajstić information content (AvgIpc) is 2.64. The van der Waals surface area contributed by atoms with Gasteiger partial charge in [0.15, 0.2) is 0 Å². The van der Waals surface area contributed by atoms with E-state index in [0.717, 1.165) is 22.6 Å². The highest BCUT2D eigenvalue weighted by atomic mass is 16.4. The molecule has 0 bridgehead atoms. The van der Waals surface area contributed by atoms with Crippen LogP contribution in [0.4, 0.5) is 0 Å². The van der Waals surface area contributed by atoms with Crippen LogP contribution in [0.5, 0.6) is 0 Å². The van der Waals surface area contributed by atoms with Crippen molar-refractivity contribution >= 4 is 23.7 Å². The molecule has 2 aliphatic rings. The number of hydrogen-bond donors (Lipinski definition) is 1. The molecular formula is C13H18N2O5. The topological polar surface area (TPSA) is 95.0 Å². The van der Waals surface area contributed by atoms with E-state index in [-0.39, 0.29) is 30.2 Å². The fourth-order valence-electron chi connectivity index (χ4n) is 2.93. The Balaban J connectivity index is 2.02. The first-order chi connectivity index (χ1) is 9.41. The van der Waals surface area contributed by atoms with Crippen molar-refractivity contribution < 1.29 is 24.3 Å². The largest absolute Gasteiger partial charge is 0.480 e. The van der Waals surface area contributed by atoms with Gasteiger partial charge in [0.05, 0.1) is 11.8 Å². The van der Waals surface area contributed by atoms with Crippen LogP contribution in [-0.4, -0.2) is 58.7 Å². The van der Waals surface area contributed by atoms with Crippen molar-refractivity contribution in [2.45, 2.75) is 25.7 Å². The number of aliphatic carboxylic acids is 1. The summed E-state index contributed by atoms with van der Waals surface area (Å²) < 4.78 is 0. The molecule has 2 rings (SSSR count). The van der Waals surface area contributed by atoms with E-state index in [0.29, 0.717) is 12.8 Å². The maximum absolute atomic E-state index is 12.1. The predicted molar refractivity (Wildman–Crippen MR) is 67.4 cm³/mol. The highest BCUT2D eigenvalue weighted by molar-refractivity contribution is 6.07. The number of carboxylic acid groups (broad SMARTS) is 1. The van der Waals surface area contributed by atoms with Crippen molar-refractivity contribution in [3.63, 3.8) is 0 Å². The van der Waals surface area contributed by atoms with E-state index in [2.05, 4.69) is 0 Å². The summed E-state index contributed by atoms with van der Waals surface area (Å²) in [6, 6.07) is 0. The first-order valence-electron chi connectivity index (χ1n) is 6.72. The van der Waals surface area contributed by atoms with E-state index in [1.165, 1.54) is 7.05 Å². The van der Waals surface area contributed by atoms with Crippen LogP contribution in [0.2, 0.25) is 0 Å². The standard InChI is InChI=1S/C13H18N2O5/c1-14(7-11(17)18)10(16)6-15-12(19)8-4-2-3-5-9(8)13(15)20/h8-9H,2-7H2,1H3,(H,17,18). The summed E-state index contributed by atoms with van der Waals surface area (Å²) >= 11 is 0. The van der Waals surface area contributed by atoms with Gasteiger partial charge in [-0.1, -0.05) is 12.8 Å². The summed E-state index contributed by atoms with van der Waals surface area (Å²) in [6.07, 6.45) is 3.26. The second-order valence-electron chi connectivity index (χ2n) is 5.40. The van der Waals surface area contributed by atoms with Gasteiger partial charge in [-0.2, -0.15) is 0 Å². The molecule has 0 spiro atoms. The van der Waals surface area contributed by atoms with Crippen molar-refractivity contribution in [3.05, 3.63) is 0 Å². The van der Waals surface area contributed by atoms with Gasteiger partial charge in [-0.3, -0.25) is 24.1 Å². The number of likely N-dealkylation sites (tertiary alicyclic amines) is 1. The fraction of sp³-hybridized carbons (Fsp3) is 0.692. The molecule has 0 aromatic heterocycles. The lowest BCUT2D eigenvalue weighted by Gasteiger charge is -2.19. The monoisotopic (exact) mass is 282 g/mol. The minimum atomic E-state index is -1.13. The quantitative estimate of drug-likeness (QED) is 0.715. The number of carbonyl (C=O) groups is 4. The van der Waals surface area contributed by atoms with E-state index in [1.807, 2.05) is 0 Å². The molecule has 1 heterocycles. The first-order valence-corrected chi connectivity index (χ1v) is 6.72. The van der Waals surface area contributed by atoms with Crippen LogP contribution in [0.15, 0.2) is 0 Å². The maximum atomic E-state index is 12.1. The molecule has 7 nitrogen and oxygen atoms in total. The molecule has 2 unspecified atom stereocenters. The molecule has 110 valence electrons. The highest BCUT2D eigenvalue weighted by Gasteiger charge is 2.48. The minimum Gasteiger partial charge on any atom is -0.480 e. The number of likely N-dealkylation sites (N-methyl/N-ethyl adjacent to an activating group) is 1. The van der Waals surface area contributed by atoms with E-state index in [9.17, 15) is 19.2 Å². The normalized spacial score (nSPS) is 25.6. The van der Waals surface area contributed by atoms with Crippen LogP contribution in [-0.2, 0) is 19.2 Å². The van der Waals surface area contributed by atoms with Gasteiger partial charge in [0.1, 0.15) is 13.1 Å². The molecular weight excluding hydrogens is 264 g/mol. The van der Waals surface area contributed by atoms with Gasteiger partial charge in [0, 0.05) is 7.05 Å². The predicted octanol–water partition coefficient (Wildman–Crippen LogP) is -0.295. The third kappa shape index (κ3) is 2.66. The Labute approximate surface area is 116 Å². The molecule has 2 fully saturated rings. The second-order valence-corrected chi connectivity index (χ2v) is 5.40. The van der Waals surface area contributed by atoms with E-state index in [4.69, 9.17) is 5.11 Å². The third-order valence-electron chi connectivity index (χ3n) is 4.02. The summed E-state index contributed by atoms with van der Waals surface area (Å²) in [6.45, 7) is -0.795. The Morgan fingerprint density at radius 1 is 1.20 bits per heavy atom. The summed E-state index contributed by atoms with van der Waals surface area (Å²) in [7, 11) is 1.34. The number of amides is 3. The molecule has 7 heteroatoms. The minimum absolute atomic E-state index is 0.281. The smallest absolute Gasteiger partial charge is 0.323 e. The number of fused-ring (bicyclic) bond motifs is 1. The molecule has 0 aromatic carbocycles. The number of imide groups is 1. The van der Waals surface area contributed by atoms with Crippen LogP contribution in [0.3, 0.4) is 0 Å². The molecule has 1 aliphatic heterocycles.